The molecule has 8 nitrogen and oxygen atoms in total. The smallest absolute Gasteiger partial charge is 0.465 e. The lowest BCUT2D eigenvalue weighted by Crippen LogP contribution is -2.19. The van der Waals surface area contributed by atoms with E-state index in [1.54, 1.807) is 27.7 Å². The molecule has 1 aromatic rings. The topological polar surface area (TPSA) is 100 Å². The van der Waals surface area contributed by atoms with Gasteiger partial charge >= 0.3 is 18.2 Å². The number of carbonyl (C=O) groups excluding carboxylic acids is 3. The minimum Gasteiger partial charge on any atom is -0.465 e. The third-order valence-electron chi connectivity index (χ3n) is 2.50. The molecule has 0 aliphatic rings. The predicted octanol–water partition coefficient (Wildman–Crippen LogP) is 3.35. The molecule has 0 bridgehead atoms. The monoisotopic (exact) mass is 339 g/mol. The van der Waals surface area contributed by atoms with Crippen LogP contribution in [0.1, 0.15) is 38.1 Å². The van der Waals surface area contributed by atoms with Crippen molar-refractivity contribution in [3.05, 3.63) is 23.8 Å². The Kier molecular flexibility index (Phi) is 7.03. The van der Waals surface area contributed by atoms with Crippen LogP contribution in [0.3, 0.4) is 0 Å². The van der Waals surface area contributed by atoms with Crippen LogP contribution in [0.5, 0.6) is 5.75 Å². The Morgan fingerprint density at radius 1 is 1.00 bits per heavy atom. The van der Waals surface area contributed by atoms with Crippen molar-refractivity contribution in [3.8, 4) is 5.75 Å². The molecule has 0 unspecified atom stereocenters. The second kappa shape index (κ2) is 8.76. The zero-order valence-corrected chi connectivity index (χ0v) is 14.2. The molecule has 1 rings (SSSR count). The van der Waals surface area contributed by atoms with Gasteiger partial charge in [0.25, 0.3) is 0 Å². The molecular weight excluding hydrogens is 318 g/mol. The van der Waals surface area contributed by atoms with Crippen LogP contribution in [0.4, 0.5) is 15.3 Å². The Bertz CT molecular complexity index is 610. The summed E-state index contributed by atoms with van der Waals surface area (Å²) >= 11 is 0. The molecule has 24 heavy (non-hydrogen) atoms. The van der Waals surface area contributed by atoms with E-state index in [2.05, 4.69) is 10.1 Å². The standard InChI is InChI=1S/C16H21NO7/c1-9(2)22-15(19)17-11-6-7-13(12(8-11)14(18)21-5)24-16(20)23-10(3)4/h6-10H,1-5H3,(H,17,19). The van der Waals surface area contributed by atoms with Crippen LogP contribution in [0.15, 0.2) is 18.2 Å². The van der Waals surface area contributed by atoms with E-state index in [-0.39, 0.29) is 29.2 Å². The highest BCUT2D eigenvalue weighted by molar-refractivity contribution is 5.95. The highest BCUT2D eigenvalue weighted by Crippen LogP contribution is 2.24. The maximum Gasteiger partial charge on any atom is 0.514 e. The summed E-state index contributed by atoms with van der Waals surface area (Å²) in [6.07, 6.45) is -2.28. The van der Waals surface area contributed by atoms with Crippen molar-refractivity contribution < 1.29 is 33.3 Å². The molecule has 0 spiro atoms. The molecule has 132 valence electrons. The fourth-order valence-corrected chi connectivity index (χ4v) is 1.63. The molecule has 0 aromatic heterocycles. The molecule has 1 aromatic carbocycles. The molecule has 1 amide bonds. The van der Waals surface area contributed by atoms with Crippen LogP contribution >= 0.6 is 0 Å². The number of amides is 1. The summed E-state index contributed by atoms with van der Waals surface area (Å²) in [4.78, 5) is 35.0. The van der Waals surface area contributed by atoms with E-state index in [0.717, 1.165) is 0 Å². The second-order valence-corrected chi connectivity index (χ2v) is 5.30. The van der Waals surface area contributed by atoms with Crippen molar-refractivity contribution in [2.75, 3.05) is 12.4 Å². The van der Waals surface area contributed by atoms with Crippen molar-refractivity contribution in [1.29, 1.82) is 0 Å². The lowest BCUT2D eigenvalue weighted by molar-refractivity contribution is 0.0587. The van der Waals surface area contributed by atoms with Gasteiger partial charge in [-0.2, -0.15) is 0 Å². The number of rotatable bonds is 5. The Balaban J connectivity index is 2.99. The van der Waals surface area contributed by atoms with Crippen molar-refractivity contribution >= 4 is 23.9 Å². The number of ether oxygens (including phenoxy) is 4. The first-order chi connectivity index (χ1) is 11.2. The first kappa shape index (κ1) is 19.3. The molecule has 0 saturated heterocycles. The summed E-state index contributed by atoms with van der Waals surface area (Å²) in [5.41, 5.74) is 0.242. The minimum absolute atomic E-state index is 0.0412. The first-order valence-corrected chi connectivity index (χ1v) is 7.31. The summed E-state index contributed by atoms with van der Waals surface area (Å²) in [7, 11) is 1.19. The molecule has 0 aliphatic carbocycles. The van der Waals surface area contributed by atoms with Crippen LogP contribution in [-0.4, -0.2) is 37.5 Å². The van der Waals surface area contributed by atoms with Crippen molar-refractivity contribution in [2.24, 2.45) is 0 Å². The Labute approximate surface area is 140 Å². The van der Waals surface area contributed by atoms with Crippen molar-refractivity contribution in [2.45, 2.75) is 39.9 Å². The molecular formula is C16H21NO7. The van der Waals surface area contributed by atoms with Gasteiger partial charge in [0.15, 0.2) is 0 Å². The Hall–Kier alpha value is -2.77. The van der Waals surface area contributed by atoms with Gasteiger partial charge in [-0.25, -0.2) is 14.4 Å². The highest BCUT2D eigenvalue weighted by atomic mass is 16.7. The third-order valence-corrected chi connectivity index (χ3v) is 2.50. The molecule has 0 radical (unpaired) electrons. The SMILES string of the molecule is COC(=O)c1cc(NC(=O)OC(C)C)ccc1OC(=O)OC(C)C. The molecule has 0 atom stereocenters. The van der Waals surface area contributed by atoms with Crippen LogP contribution in [0.25, 0.3) is 0 Å². The highest BCUT2D eigenvalue weighted by Gasteiger charge is 2.19. The van der Waals surface area contributed by atoms with E-state index in [9.17, 15) is 14.4 Å². The van der Waals surface area contributed by atoms with E-state index >= 15 is 0 Å². The van der Waals surface area contributed by atoms with Crippen LogP contribution in [0.2, 0.25) is 0 Å². The van der Waals surface area contributed by atoms with Crippen LogP contribution < -0.4 is 10.1 Å². The number of benzene rings is 1. The van der Waals surface area contributed by atoms with Gasteiger partial charge < -0.3 is 18.9 Å². The second-order valence-electron chi connectivity index (χ2n) is 5.30. The molecule has 8 heteroatoms. The summed E-state index contributed by atoms with van der Waals surface area (Å²) in [5.74, 6) is -0.779. The van der Waals surface area contributed by atoms with Gasteiger partial charge in [-0.3, -0.25) is 5.32 Å². The van der Waals surface area contributed by atoms with Gasteiger partial charge in [0, 0.05) is 5.69 Å². The molecule has 0 saturated carbocycles. The lowest BCUT2D eigenvalue weighted by Gasteiger charge is -2.13. The third kappa shape index (κ3) is 6.15. The number of nitrogens with one attached hydrogen (secondary N) is 1. The van der Waals surface area contributed by atoms with Crippen molar-refractivity contribution in [3.63, 3.8) is 0 Å². The normalized spacial score (nSPS) is 10.3. The summed E-state index contributed by atoms with van der Waals surface area (Å²) in [5, 5.41) is 2.46. The Morgan fingerprint density at radius 2 is 1.62 bits per heavy atom. The zero-order valence-electron chi connectivity index (χ0n) is 14.2. The van der Waals surface area contributed by atoms with Gasteiger partial charge in [-0.15, -0.1) is 0 Å². The van der Waals surface area contributed by atoms with E-state index < -0.39 is 18.2 Å². The summed E-state index contributed by atoms with van der Waals surface area (Å²) < 4.78 is 19.5. The number of methoxy groups -OCH3 is 1. The quantitative estimate of drug-likeness (QED) is 0.499. The van der Waals surface area contributed by atoms with Crippen LogP contribution in [0, 0.1) is 0 Å². The minimum atomic E-state index is -0.949. The summed E-state index contributed by atoms with van der Waals surface area (Å²) in [6.45, 7) is 6.74. The van der Waals surface area contributed by atoms with Gasteiger partial charge in [0.2, 0.25) is 0 Å². The van der Waals surface area contributed by atoms with E-state index in [1.807, 2.05) is 0 Å². The predicted molar refractivity (Wildman–Crippen MR) is 85.3 cm³/mol. The molecule has 1 N–H and O–H groups in total. The van der Waals surface area contributed by atoms with Crippen molar-refractivity contribution in [1.82, 2.24) is 0 Å². The molecule has 0 aliphatic heterocycles. The van der Waals surface area contributed by atoms with Gasteiger partial charge in [-0.1, -0.05) is 0 Å². The lowest BCUT2D eigenvalue weighted by atomic mass is 10.2. The first-order valence-electron chi connectivity index (χ1n) is 7.31. The van der Waals surface area contributed by atoms with Gasteiger partial charge in [0.1, 0.15) is 11.3 Å². The average Bonchev–Trinajstić information content (AvgIpc) is 2.46. The van der Waals surface area contributed by atoms with Gasteiger partial charge in [0.05, 0.1) is 19.3 Å². The molecule has 0 heterocycles. The van der Waals surface area contributed by atoms with E-state index in [4.69, 9.17) is 14.2 Å². The number of esters is 1. The number of carbonyl (C=O) groups is 3. The zero-order chi connectivity index (χ0) is 18.3. The van der Waals surface area contributed by atoms with Crippen LogP contribution in [-0.2, 0) is 14.2 Å². The fourth-order valence-electron chi connectivity index (χ4n) is 1.63. The number of hydrogen-bond donors (Lipinski definition) is 1. The maximum absolute atomic E-state index is 11.9. The fraction of sp³-hybridized carbons (Fsp3) is 0.438. The average molecular weight is 339 g/mol. The van der Waals surface area contributed by atoms with E-state index in [0.29, 0.717) is 0 Å². The number of hydrogen-bond acceptors (Lipinski definition) is 7. The van der Waals surface area contributed by atoms with E-state index in [1.165, 1.54) is 25.3 Å². The van der Waals surface area contributed by atoms with Gasteiger partial charge in [-0.05, 0) is 45.9 Å². The molecule has 0 fully saturated rings. The Morgan fingerprint density at radius 3 is 2.17 bits per heavy atom. The maximum atomic E-state index is 11.9. The summed E-state index contributed by atoms with van der Waals surface area (Å²) in [6, 6.07) is 4.11. The number of anilines is 1. The largest absolute Gasteiger partial charge is 0.514 e.